The quantitative estimate of drug-likeness (QED) is 0.457. The molecule has 0 saturated carbocycles. The SMILES string of the molecule is C=CCn1c(=NC(=O)CCS(=O)(=O)Cc2ccccc2)sc2c(OC)ccc(OC)c21. The second-order valence-corrected chi connectivity index (χ2v) is 9.93. The van der Waals surface area contributed by atoms with Gasteiger partial charge in [0.25, 0.3) is 0 Å². The summed E-state index contributed by atoms with van der Waals surface area (Å²) in [7, 11) is -0.295. The molecular weight excluding hydrogens is 436 g/mol. The van der Waals surface area contributed by atoms with Gasteiger partial charge in [0.05, 0.1) is 25.7 Å². The Kier molecular flexibility index (Phi) is 7.29. The first-order chi connectivity index (χ1) is 14.9. The summed E-state index contributed by atoms with van der Waals surface area (Å²) < 4.78 is 38.3. The summed E-state index contributed by atoms with van der Waals surface area (Å²) in [4.78, 5) is 17.2. The standard InChI is InChI=1S/C22H24N2O5S2/c1-4-13-24-20-17(28-2)10-11-18(29-3)21(20)30-22(24)23-19(25)12-14-31(26,27)15-16-8-6-5-7-9-16/h4-11H,1,12-15H2,2-3H3. The van der Waals surface area contributed by atoms with E-state index in [1.54, 1.807) is 56.7 Å². The van der Waals surface area contributed by atoms with Crippen molar-refractivity contribution in [1.82, 2.24) is 4.57 Å². The Morgan fingerprint density at radius 2 is 1.81 bits per heavy atom. The number of hydrogen-bond acceptors (Lipinski definition) is 6. The van der Waals surface area contributed by atoms with Crippen LogP contribution in [0.4, 0.5) is 0 Å². The highest BCUT2D eigenvalue weighted by molar-refractivity contribution is 7.90. The third-order valence-corrected chi connectivity index (χ3v) is 7.27. The molecule has 0 spiro atoms. The van der Waals surface area contributed by atoms with Crippen LogP contribution < -0.4 is 14.3 Å². The number of allylic oxidation sites excluding steroid dienone is 1. The van der Waals surface area contributed by atoms with Gasteiger partial charge in [-0.3, -0.25) is 4.79 Å². The number of aromatic nitrogens is 1. The lowest BCUT2D eigenvalue weighted by Crippen LogP contribution is -2.18. The second-order valence-electron chi connectivity index (χ2n) is 6.76. The number of ether oxygens (including phenoxy) is 2. The topological polar surface area (TPSA) is 87.0 Å². The van der Waals surface area contributed by atoms with Crippen LogP contribution in [0, 0.1) is 0 Å². The smallest absolute Gasteiger partial charge is 0.249 e. The van der Waals surface area contributed by atoms with Crippen LogP contribution in [0.5, 0.6) is 11.5 Å². The Morgan fingerprint density at radius 1 is 1.13 bits per heavy atom. The van der Waals surface area contributed by atoms with E-state index >= 15 is 0 Å². The lowest BCUT2D eigenvalue weighted by Gasteiger charge is -2.08. The number of amides is 1. The van der Waals surface area contributed by atoms with Crippen molar-refractivity contribution in [2.24, 2.45) is 4.99 Å². The molecule has 0 fully saturated rings. The minimum atomic E-state index is -3.43. The van der Waals surface area contributed by atoms with Crippen LogP contribution in [0.3, 0.4) is 0 Å². The second kappa shape index (κ2) is 9.93. The molecule has 164 valence electrons. The van der Waals surface area contributed by atoms with Gasteiger partial charge in [-0.05, 0) is 17.7 Å². The molecule has 31 heavy (non-hydrogen) atoms. The molecule has 0 unspecified atom stereocenters. The van der Waals surface area contributed by atoms with Gasteiger partial charge in [0.1, 0.15) is 21.7 Å². The lowest BCUT2D eigenvalue weighted by molar-refractivity contribution is -0.117. The number of benzene rings is 2. The molecule has 3 aromatic rings. The first-order valence-electron chi connectivity index (χ1n) is 9.55. The summed E-state index contributed by atoms with van der Waals surface area (Å²) in [6, 6.07) is 12.5. The molecule has 0 radical (unpaired) electrons. The Labute approximate surface area is 185 Å². The summed E-state index contributed by atoms with van der Waals surface area (Å²) in [6.07, 6.45) is 1.50. The number of hydrogen-bond donors (Lipinski definition) is 0. The minimum absolute atomic E-state index is 0.102. The summed E-state index contributed by atoms with van der Waals surface area (Å²) in [6.45, 7) is 4.18. The number of sulfone groups is 1. The van der Waals surface area contributed by atoms with Gasteiger partial charge in [-0.15, -0.1) is 6.58 Å². The van der Waals surface area contributed by atoms with E-state index in [1.807, 2.05) is 10.6 Å². The number of methoxy groups -OCH3 is 2. The molecular formula is C22H24N2O5S2. The lowest BCUT2D eigenvalue weighted by atomic mass is 10.2. The monoisotopic (exact) mass is 460 g/mol. The predicted molar refractivity (Wildman–Crippen MR) is 122 cm³/mol. The van der Waals surface area contributed by atoms with Crippen LogP contribution in [-0.4, -0.2) is 38.9 Å². The van der Waals surface area contributed by atoms with E-state index in [9.17, 15) is 13.2 Å². The molecule has 1 heterocycles. The molecule has 0 aliphatic carbocycles. The Bertz CT molecular complexity index is 1260. The van der Waals surface area contributed by atoms with Crippen LogP contribution in [0.15, 0.2) is 60.1 Å². The number of thiazole rings is 1. The van der Waals surface area contributed by atoms with Gasteiger partial charge in [0.2, 0.25) is 5.91 Å². The maximum absolute atomic E-state index is 12.5. The molecule has 0 aliphatic rings. The van der Waals surface area contributed by atoms with Crippen LogP contribution in [0.25, 0.3) is 10.2 Å². The molecule has 3 rings (SSSR count). The normalized spacial score (nSPS) is 12.1. The van der Waals surface area contributed by atoms with Gasteiger partial charge in [0.15, 0.2) is 14.6 Å². The van der Waals surface area contributed by atoms with Crippen molar-refractivity contribution in [2.75, 3.05) is 20.0 Å². The molecule has 0 saturated heterocycles. The maximum Gasteiger partial charge on any atom is 0.249 e. The van der Waals surface area contributed by atoms with Gasteiger partial charge in [0, 0.05) is 13.0 Å². The average Bonchev–Trinajstić information content (AvgIpc) is 3.10. The first kappa shape index (κ1) is 22.8. The third-order valence-electron chi connectivity index (χ3n) is 4.58. The number of rotatable bonds is 9. The number of fused-ring (bicyclic) bond motifs is 1. The van der Waals surface area contributed by atoms with E-state index in [0.717, 1.165) is 10.2 Å². The zero-order chi connectivity index (χ0) is 22.4. The van der Waals surface area contributed by atoms with Crippen LogP contribution in [-0.2, 0) is 26.9 Å². The van der Waals surface area contributed by atoms with E-state index in [1.165, 1.54) is 11.3 Å². The average molecular weight is 461 g/mol. The van der Waals surface area contributed by atoms with Gasteiger partial charge in [-0.2, -0.15) is 4.99 Å². The van der Waals surface area contributed by atoms with Crippen LogP contribution in [0.2, 0.25) is 0 Å². The molecule has 2 aromatic carbocycles. The van der Waals surface area contributed by atoms with E-state index in [2.05, 4.69) is 11.6 Å². The van der Waals surface area contributed by atoms with Crippen molar-refractivity contribution in [2.45, 2.75) is 18.7 Å². The summed E-state index contributed by atoms with van der Waals surface area (Å²) in [5, 5.41) is 0. The highest BCUT2D eigenvalue weighted by Gasteiger charge is 2.17. The summed E-state index contributed by atoms with van der Waals surface area (Å²) in [5.74, 6) is 0.392. The zero-order valence-corrected chi connectivity index (χ0v) is 19.0. The molecule has 1 amide bonds. The summed E-state index contributed by atoms with van der Waals surface area (Å²) in [5.41, 5.74) is 1.44. The first-order valence-corrected chi connectivity index (χ1v) is 12.2. The fraction of sp³-hybridized carbons (Fsp3) is 0.273. The molecule has 7 nitrogen and oxygen atoms in total. The Balaban J connectivity index is 1.90. The van der Waals surface area contributed by atoms with Crippen molar-refractivity contribution in [3.63, 3.8) is 0 Å². The molecule has 9 heteroatoms. The molecule has 1 aromatic heterocycles. The largest absolute Gasteiger partial charge is 0.495 e. The number of nitrogens with zero attached hydrogens (tertiary/aromatic N) is 2. The molecule has 0 atom stereocenters. The minimum Gasteiger partial charge on any atom is -0.495 e. The van der Waals surface area contributed by atoms with Crippen molar-refractivity contribution in [3.05, 3.63) is 65.5 Å². The van der Waals surface area contributed by atoms with E-state index in [-0.39, 0.29) is 17.9 Å². The van der Waals surface area contributed by atoms with Crippen molar-refractivity contribution in [3.8, 4) is 11.5 Å². The van der Waals surface area contributed by atoms with Gasteiger partial charge in [-0.1, -0.05) is 47.7 Å². The van der Waals surface area contributed by atoms with Gasteiger partial charge in [-0.25, -0.2) is 8.42 Å². The predicted octanol–water partition coefficient (Wildman–Crippen LogP) is 3.34. The number of carbonyl (C=O) groups excluding carboxylic acids is 1. The highest BCUT2D eigenvalue weighted by Crippen LogP contribution is 2.35. The van der Waals surface area contributed by atoms with Crippen LogP contribution in [0.1, 0.15) is 12.0 Å². The fourth-order valence-electron chi connectivity index (χ4n) is 3.14. The van der Waals surface area contributed by atoms with E-state index in [0.29, 0.717) is 28.4 Å². The van der Waals surface area contributed by atoms with E-state index < -0.39 is 15.7 Å². The van der Waals surface area contributed by atoms with Gasteiger partial charge >= 0.3 is 0 Å². The fourth-order valence-corrected chi connectivity index (χ4v) is 5.64. The Hall–Kier alpha value is -2.91. The summed E-state index contributed by atoms with van der Waals surface area (Å²) >= 11 is 1.28. The maximum atomic E-state index is 12.5. The third kappa shape index (κ3) is 5.42. The molecule has 0 N–H and O–H groups in total. The number of carbonyl (C=O) groups is 1. The van der Waals surface area contributed by atoms with Crippen molar-refractivity contribution in [1.29, 1.82) is 0 Å². The molecule has 0 bridgehead atoms. The molecule has 0 aliphatic heterocycles. The Morgan fingerprint density at radius 3 is 2.45 bits per heavy atom. The van der Waals surface area contributed by atoms with Crippen molar-refractivity contribution < 1.29 is 22.7 Å². The van der Waals surface area contributed by atoms with Crippen molar-refractivity contribution >= 4 is 37.3 Å². The van der Waals surface area contributed by atoms with Crippen LogP contribution >= 0.6 is 11.3 Å². The highest BCUT2D eigenvalue weighted by atomic mass is 32.2. The van der Waals surface area contributed by atoms with Gasteiger partial charge < -0.3 is 14.0 Å². The zero-order valence-electron chi connectivity index (χ0n) is 17.4. The van der Waals surface area contributed by atoms with E-state index in [4.69, 9.17) is 9.47 Å².